The van der Waals surface area contributed by atoms with Crippen LogP contribution in [0.3, 0.4) is 0 Å². The Bertz CT molecular complexity index is 316. The zero-order valence-electron chi connectivity index (χ0n) is 9.22. The Labute approximate surface area is 94.6 Å². The molecule has 16 heavy (non-hydrogen) atoms. The molecule has 2 N–H and O–H groups in total. The van der Waals surface area contributed by atoms with Crippen molar-refractivity contribution >= 4 is 6.09 Å². The minimum atomic E-state index is -0.500. The molecule has 0 radical (unpaired) electrons. The molecule has 0 spiro atoms. The van der Waals surface area contributed by atoms with E-state index in [2.05, 4.69) is 5.43 Å². The van der Waals surface area contributed by atoms with Crippen molar-refractivity contribution in [1.29, 1.82) is 0 Å². The van der Waals surface area contributed by atoms with E-state index in [4.69, 9.17) is 9.84 Å². The van der Waals surface area contributed by atoms with Crippen LogP contribution in [0.25, 0.3) is 0 Å². The highest BCUT2D eigenvalue weighted by Crippen LogP contribution is 2.01. The van der Waals surface area contributed by atoms with Crippen molar-refractivity contribution in [3.05, 3.63) is 35.9 Å². The molecule has 0 aliphatic carbocycles. The molecular weight excluding hydrogens is 208 g/mol. The summed E-state index contributed by atoms with van der Waals surface area (Å²) in [4.78, 5) is 11.5. The lowest BCUT2D eigenvalue weighted by atomic mass is 10.2. The van der Waals surface area contributed by atoms with Crippen LogP contribution < -0.4 is 5.43 Å². The van der Waals surface area contributed by atoms with E-state index >= 15 is 0 Å². The second kappa shape index (κ2) is 6.81. The first-order chi connectivity index (χ1) is 7.77. The molecule has 5 nitrogen and oxygen atoms in total. The normalized spacial score (nSPS) is 9.88. The Morgan fingerprint density at radius 1 is 1.44 bits per heavy atom. The number of aliphatic hydroxyl groups excluding tert-OH is 1. The molecule has 1 aromatic rings. The molecule has 0 unspecified atom stereocenters. The lowest BCUT2D eigenvalue weighted by Gasteiger charge is -2.19. The van der Waals surface area contributed by atoms with Crippen LogP contribution in [0.1, 0.15) is 5.56 Å². The third-order valence-electron chi connectivity index (χ3n) is 2.02. The van der Waals surface area contributed by atoms with Gasteiger partial charge < -0.3 is 9.84 Å². The predicted molar refractivity (Wildman–Crippen MR) is 59.5 cm³/mol. The first kappa shape index (κ1) is 12.5. The maximum absolute atomic E-state index is 11.5. The van der Waals surface area contributed by atoms with Crippen LogP contribution in [-0.2, 0) is 11.3 Å². The highest BCUT2D eigenvalue weighted by atomic mass is 16.6. The number of benzene rings is 1. The quantitative estimate of drug-likeness (QED) is 0.725. The Morgan fingerprint density at radius 2 is 2.12 bits per heavy atom. The Balaban J connectivity index is 2.40. The van der Waals surface area contributed by atoms with E-state index in [1.807, 2.05) is 30.3 Å². The van der Waals surface area contributed by atoms with Gasteiger partial charge in [0.15, 0.2) is 0 Å². The largest absolute Gasteiger partial charge is 0.444 e. The molecule has 0 bridgehead atoms. The van der Waals surface area contributed by atoms with Crippen LogP contribution >= 0.6 is 0 Å². The number of aliphatic hydroxyl groups is 1. The van der Waals surface area contributed by atoms with Crippen LogP contribution in [0, 0.1) is 0 Å². The fourth-order valence-electron chi connectivity index (χ4n) is 1.19. The van der Waals surface area contributed by atoms with Gasteiger partial charge in [-0.2, -0.15) is 0 Å². The van der Waals surface area contributed by atoms with E-state index in [-0.39, 0.29) is 19.8 Å². The molecule has 0 fully saturated rings. The third kappa shape index (κ3) is 3.88. The number of hydrogen-bond donors (Lipinski definition) is 2. The molecule has 1 rings (SSSR count). The maximum Gasteiger partial charge on any atom is 0.424 e. The summed E-state index contributed by atoms with van der Waals surface area (Å²) in [6.07, 6.45) is -0.500. The number of amides is 1. The number of nitrogens with one attached hydrogen (secondary N) is 1. The fourth-order valence-corrected chi connectivity index (χ4v) is 1.19. The van der Waals surface area contributed by atoms with E-state index < -0.39 is 6.09 Å². The summed E-state index contributed by atoms with van der Waals surface area (Å²) in [6, 6.07) is 9.42. The minimum absolute atomic E-state index is 0.110. The number of carbonyl (C=O) groups is 1. The van der Waals surface area contributed by atoms with E-state index in [1.165, 1.54) is 5.01 Å². The van der Waals surface area contributed by atoms with Gasteiger partial charge >= 0.3 is 6.09 Å². The van der Waals surface area contributed by atoms with Crippen molar-refractivity contribution in [2.24, 2.45) is 0 Å². The van der Waals surface area contributed by atoms with E-state index in [0.717, 1.165) is 5.56 Å². The Morgan fingerprint density at radius 3 is 2.69 bits per heavy atom. The van der Waals surface area contributed by atoms with Gasteiger partial charge in [0.1, 0.15) is 6.61 Å². The van der Waals surface area contributed by atoms with Crippen molar-refractivity contribution in [3.8, 4) is 0 Å². The molecule has 1 amide bonds. The number of carbonyl (C=O) groups excluding carboxylic acids is 1. The molecule has 0 aromatic heterocycles. The molecule has 1 aromatic carbocycles. The van der Waals surface area contributed by atoms with Gasteiger partial charge in [-0.05, 0) is 5.56 Å². The van der Waals surface area contributed by atoms with E-state index in [0.29, 0.717) is 0 Å². The summed E-state index contributed by atoms with van der Waals surface area (Å²) in [5, 5.41) is 9.92. The first-order valence-electron chi connectivity index (χ1n) is 5.04. The second-order valence-electron chi connectivity index (χ2n) is 3.14. The number of hydrazine groups is 1. The van der Waals surface area contributed by atoms with Gasteiger partial charge in [-0.3, -0.25) is 0 Å². The number of rotatable bonds is 5. The third-order valence-corrected chi connectivity index (χ3v) is 2.02. The first-order valence-corrected chi connectivity index (χ1v) is 5.04. The smallest absolute Gasteiger partial charge is 0.424 e. The second-order valence-corrected chi connectivity index (χ2v) is 3.14. The zero-order chi connectivity index (χ0) is 11.8. The lowest BCUT2D eigenvalue weighted by molar-refractivity contribution is 0.0725. The lowest BCUT2D eigenvalue weighted by Crippen LogP contribution is -2.42. The van der Waals surface area contributed by atoms with Crippen LogP contribution in [0.15, 0.2) is 30.3 Å². The molecular formula is C11H16N2O3. The number of ether oxygens (including phenoxy) is 1. The molecule has 0 saturated carbocycles. The van der Waals surface area contributed by atoms with Crippen molar-refractivity contribution in [2.45, 2.75) is 6.61 Å². The number of nitrogens with zero attached hydrogens (tertiary/aromatic N) is 1. The Kier molecular flexibility index (Phi) is 5.31. The predicted octanol–water partition coefficient (Wildman–Crippen LogP) is 0.752. The van der Waals surface area contributed by atoms with Gasteiger partial charge in [0.2, 0.25) is 0 Å². The molecule has 0 saturated heterocycles. The van der Waals surface area contributed by atoms with Crippen molar-refractivity contribution in [1.82, 2.24) is 10.4 Å². The van der Waals surface area contributed by atoms with Crippen molar-refractivity contribution < 1.29 is 14.6 Å². The molecule has 5 heteroatoms. The number of hydrogen-bond acceptors (Lipinski definition) is 4. The highest BCUT2D eigenvalue weighted by Gasteiger charge is 2.11. The van der Waals surface area contributed by atoms with E-state index in [1.54, 1.807) is 7.05 Å². The zero-order valence-corrected chi connectivity index (χ0v) is 9.22. The van der Waals surface area contributed by atoms with Gasteiger partial charge in [-0.15, -0.1) is 0 Å². The summed E-state index contributed by atoms with van der Waals surface area (Å²) in [5.74, 6) is 0. The van der Waals surface area contributed by atoms with Crippen molar-refractivity contribution in [2.75, 3.05) is 20.2 Å². The highest BCUT2D eigenvalue weighted by molar-refractivity contribution is 5.66. The van der Waals surface area contributed by atoms with Gasteiger partial charge in [-0.1, -0.05) is 30.3 Å². The summed E-state index contributed by atoms with van der Waals surface area (Å²) in [5.41, 5.74) is 3.56. The minimum Gasteiger partial charge on any atom is -0.444 e. The molecule has 0 atom stereocenters. The van der Waals surface area contributed by atoms with Crippen LogP contribution in [0.2, 0.25) is 0 Å². The van der Waals surface area contributed by atoms with Gasteiger partial charge in [0.05, 0.1) is 13.2 Å². The molecule has 0 aliphatic rings. The molecule has 0 heterocycles. The van der Waals surface area contributed by atoms with Crippen LogP contribution in [0.5, 0.6) is 0 Å². The fraction of sp³-hybridized carbons (Fsp3) is 0.364. The molecule has 88 valence electrons. The van der Waals surface area contributed by atoms with Crippen molar-refractivity contribution in [3.63, 3.8) is 0 Å². The van der Waals surface area contributed by atoms with Gasteiger partial charge in [-0.25, -0.2) is 15.2 Å². The van der Waals surface area contributed by atoms with Gasteiger partial charge in [0.25, 0.3) is 0 Å². The monoisotopic (exact) mass is 224 g/mol. The van der Waals surface area contributed by atoms with E-state index in [9.17, 15) is 4.79 Å². The topological polar surface area (TPSA) is 61.8 Å². The van der Waals surface area contributed by atoms with Crippen LogP contribution in [-0.4, -0.2) is 36.4 Å². The van der Waals surface area contributed by atoms with Gasteiger partial charge in [0, 0.05) is 7.05 Å². The average Bonchev–Trinajstić information content (AvgIpc) is 2.34. The Hall–Kier alpha value is -1.59. The summed E-state index contributed by atoms with van der Waals surface area (Å²) >= 11 is 0. The summed E-state index contributed by atoms with van der Waals surface area (Å²) in [6.45, 7) is 0.314. The summed E-state index contributed by atoms with van der Waals surface area (Å²) in [7, 11) is 1.60. The standard InChI is InChI=1S/C11H16N2O3/c1-12-13(7-8-14)11(15)16-9-10-5-3-2-4-6-10/h2-6,12,14H,7-9H2,1H3. The molecule has 0 aliphatic heterocycles. The summed E-state index contributed by atoms with van der Waals surface area (Å²) < 4.78 is 5.05. The van der Waals surface area contributed by atoms with Crippen LogP contribution in [0.4, 0.5) is 4.79 Å². The maximum atomic E-state index is 11.5. The SMILES string of the molecule is CNN(CCO)C(=O)OCc1ccccc1. The average molecular weight is 224 g/mol.